The molecule has 1 atom stereocenters. The lowest BCUT2D eigenvalue weighted by atomic mass is 10.3. The molecule has 0 aliphatic rings. The van der Waals surface area contributed by atoms with Crippen LogP contribution in [0.4, 0.5) is 0 Å². The number of nitrogens with one attached hydrogen (secondary N) is 1. The number of amides is 1. The lowest BCUT2D eigenvalue weighted by Gasteiger charge is -2.07. The Bertz CT molecular complexity index is 143. The van der Waals surface area contributed by atoms with E-state index >= 15 is 0 Å². The van der Waals surface area contributed by atoms with E-state index in [1.807, 2.05) is 19.9 Å². The van der Waals surface area contributed by atoms with Gasteiger partial charge in [-0.15, -0.1) is 0 Å². The fourth-order valence-corrected chi connectivity index (χ4v) is 0.575. The molecule has 0 aromatic heterocycles. The first-order valence-corrected chi connectivity index (χ1v) is 3.87. The van der Waals surface area contributed by atoms with Crippen molar-refractivity contribution in [1.82, 2.24) is 5.32 Å². The van der Waals surface area contributed by atoms with E-state index in [2.05, 4.69) is 5.32 Å². The van der Waals surface area contributed by atoms with Gasteiger partial charge in [0.05, 0.1) is 0 Å². The van der Waals surface area contributed by atoms with E-state index in [1.165, 1.54) is 6.08 Å². The SMILES string of the molecule is CC/C=C/C(=O)N[C@@H](C)CN. The highest BCUT2D eigenvalue weighted by Crippen LogP contribution is 1.81. The Morgan fingerprint density at radius 2 is 2.36 bits per heavy atom. The number of hydrogen-bond donors (Lipinski definition) is 2. The lowest BCUT2D eigenvalue weighted by molar-refractivity contribution is -0.117. The third-order valence-corrected chi connectivity index (χ3v) is 1.25. The molecular formula is C8H16N2O. The summed E-state index contributed by atoms with van der Waals surface area (Å²) in [6, 6.07) is 0.0593. The van der Waals surface area contributed by atoms with Crippen molar-refractivity contribution in [2.45, 2.75) is 26.3 Å². The summed E-state index contributed by atoms with van der Waals surface area (Å²) < 4.78 is 0. The molecule has 11 heavy (non-hydrogen) atoms. The summed E-state index contributed by atoms with van der Waals surface area (Å²) in [4.78, 5) is 10.9. The van der Waals surface area contributed by atoms with Gasteiger partial charge < -0.3 is 11.1 Å². The molecule has 0 saturated heterocycles. The van der Waals surface area contributed by atoms with Crippen LogP contribution in [0.25, 0.3) is 0 Å². The molecule has 0 aliphatic heterocycles. The fourth-order valence-electron chi connectivity index (χ4n) is 0.575. The zero-order valence-corrected chi connectivity index (χ0v) is 7.13. The number of nitrogens with two attached hydrogens (primary N) is 1. The highest BCUT2D eigenvalue weighted by atomic mass is 16.1. The molecule has 0 aromatic carbocycles. The van der Waals surface area contributed by atoms with Gasteiger partial charge in [-0.2, -0.15) is 0 Å². The number of allylic oxidation sites excluding steroid dienone is 1. The maximum Gasteiger partial charge on any atom is 0.243 e. The minimum Gasteiger partial charge on any atom is -0.349 e. The number of carbonyl (C=O) groups excluding carboxylic acids is 1. The highest BCUT2D eigenvalue weighted by molar-refractivity contribution is 5.87. The standard InChI is InChI=1S/C8H16N2O/c1-3-4-5-8(11)10-7(2)6-9/h4-5,7H,3,6,9H2,1-2H3,(H,10,11)/b5-4+/t7-/m0/s1. The van der Waals surface area contributed by atoms with Crippen LogP contribution >= 0.6 is 0 Å². The van der Waals surface area contributed by atoms with Gasteiger partial charge in [0.25, 0.3) is 0 Å². The molecule has 0 aromatic rings. The lowest BCUT2D eigenvalue weighted by Crippen LogP contribution is -2.36. The van der Waals surface area contributed by atoms with Gasteiger partial charge in [0.2, 0.25) is 5.91 Å². The van der Waals surface area contributed by atoms with Crippen molar-refractivity contribution in [2.24, 2.45) is 5.73 Å². The molecule has 0 saturated carbocycles. The third-order valence-electron chi connectivity index (χ3n) is 1.25. The highest BCUT2D eigenvalue weighted by Gasteiger charge is 1.99. The minimum absolute atomic E-state index is 0.0593. The Morgan fingerprint density at radius 3 is 2.82 bits per heavy atom. The van der Waals surface area contributed by atoms with Gasteiger partial charge in [-0.25, -0.2) is 0 Å². The molecule has 0 unspecified atom stereocenters. The van der Waals surface area contributed by atoms with E-state index in [1.54, 1.807) is 0 Å². The van der Waals surface area contributed by atoms with Crippen molar-refractivity contribution in [3.63, 3.8) is 0 Å². The van der Waals surface area contributed by atoms with Gasteiger partial charge in [-0.05, 0) is 19.4 Å². The van der Waals surface area contributed by atoms with Crippen LogP contribution in [0.15, 0.2) is 12.2 Å². The van der Waals surface area contributed by atoms with Crippen LogP contribution in [0.3, 0.4) is 0 Å². The van der Waals surface area contributed by atoms with Gasteiger partial charge in [-0.3, -0.25) is 4.79 Å². The topological polar surface area (TPSA) is 55.1 Å². The summed E-state index contributed by atoms with van der Waals surface area (Å²) in [6.45, 7) is 4.33. The number of hydrogen-bond acceptors (Lipinski definition) is 2. The molecular weight excluding hydrogens is 140 g/mol. The maximum atomic E-state index is 10.9. The first-order valence-electron chi connectivity index (χ1n) is 3.87. The van der Waals surface area contributed by atoms with Gasteiger partial charge in [0.1, 0.15) is 0 Å². The summed E-state index contributed by atoms with van der Waals surface area (Å²) in [6.07, 6.45) is 4.23. The normalized spacial score (nSPS) is 13.4. The molecule has 0 heterocycles. The fraction of sp³-hybridized carbons (Fsp3) is 0.625. The van der Waals surface area contributed by atoms with E-state index < -0.39 is 0 Å². The monoisotopic (exact) mass is 156 g/mol. The van der Waals surface area contributed by atoms with Crippen molar-refractivity contribution in [3.05, 3.63) is 12.2 Å². The summed E-state index contributed by atoms with van der Waals surface area (Å²) in [5.41, 5.74) is 5.31. The van der Waals surface area contributed by atoms with E-state index in [0.29, 0.717) is 6.54 Å². The first kappa shape index (κ1) is 10.2. The molecule has 3 N–H and O–H groups in total. The molecule has 3 heteroatoms. The number of rotatable bonds is 4. The van der Waals surface area contributed by atoms with Crippen molar-refractivity contribution in [3.8, 4) is 0 Å². The van der Waals surface area contributed by atoms with Crippen LogP contribution in [-0.2, 0) is 4.79 Å². The van der Waals surface area contributed by atoms with Gasteiger partial charge in [0, 0.05) is 12.6 Å². The first-order chi connectivity index (χ1) is 5.20. The Labute approximate surface area is 67.7 Å². The minimum atomic E-state index is -0.0650. The van der Waals surface area contributed by atoms with Crippen LogP contribution in [0.2, 0.25) is 0 Å². The van der Waals surface area contributed by atoms with E-state index in [-0.39, 0.29) is 11.9 Å². The van der Waals surface area contributed by atoms with Crippen molar-refractivity contribution in [1.29, 1.82) is 0 Å². The predicted octanol–water partition coefficient (Wildman–Crippen LogP) is 0.416. The summed E-state index contributed by atoms with van der Waals surface area (Å²) >= 11 is 0. The third kappa shape index (κ3) is 5.61. The second-order valence-electron chi connectivity index (χ2n) is 2.46. The van der Waals surface area contributed by atoms with E-state index in [0.717, 1.165) is 6.42 Å². The Morgan fingerprint density at radius 1 is 1.73 bits per heavy atom. The molecule has 0 spiro atoms. The average Bonchev–Trinajstić information content (AvgIpc) is 2.00. The summed E-state index contributed by atoms with van der Waals surface area (Å²) in [5.74, 6) is -0.0650. The zero-order chi connectivity index (χ0) is 8.69. The number of carbonyl (C=O) groups is 1. The Kier molecular flexibility index (Phi) is 5.47. The molecule has 0 fully saturated rings. The summed E-state index contributed by atoms with van der Waals surface area (Å²) in [7, 11) is 0. The predicted molar refractivity (Wildman–Crippen MR) is 46.1 cm³/mol. The van der Waals surface area contributed by atoms with Crippen molar-refractivity contribution >= 4 is 5.91 Å². The zero-order valence-electron chi connectivity index (χ0n) is 7.13. The molecule has 0 rings (SSSR count). The van der Waals surface area contributed by atoms with Gasteiger partial charge in [-0.1, -0.05) is 13.0 Å². The van der Waals surface area contributed by atoms with Crippen molar-refractivity contribution < 1.29 is 4.79 Å². The van der Waals surface area contributed by atoms with Crippen LogP contribution in [-0.4, -0.2) is 18.5 Å². The molecule has 3 nitrogen and oxygen atoms in total. The molecule has 0 radical (unpaired) electrons. The molecule has 0 aliphatic carbocycles. The van der Waals surface area contributed by atoms with Crippen LogP contribution in [0, 0.1) is 0 Å². The largest absolute Gasteiger partial charge is 0.349 e. The second-order valence-corrected chi connectivity index (χ2v) is 2.46. The van der Waals surface area contributed by atoms with Crippen LogP contribution < -0.4 is 11.1 Å². The van der Waals surface area contributed by atoms with E-state index in [4.69, 9.17) is 5.73 Å². The smallest absolute Gasteiger partial charge is 0.243 e. The molecule has 1 amide bonds. The Hall–Kier alpha value is -0.830. The van der Waals surface area contributed by atoms with Crippen LogP contribution in [0.5, 0.6) is 0 Å². The molecule has 0 bridgehead atoms. The maximum absolute atomic E-state index is 10.9. The van der Waals surface area contributed by atoms with Crippen molar-refractivity contribution in [2.75, 3.05) is 6.54 Å². The quantitative estimate of drug-likeness (QED) is 0.579. The summed E-state index contributed by atoms with van der Waals surface area (Å²) in [5, 5.41) is 2.71. The van der Waals surface area contributed by atoms with E-state index in [9.17, 15) is 4.79 Å². The average molecular weight is 156 g/mol. The van der Waals surface area contributed by atoms with Gasteiger partial charge >= 0.3 is 0 Å². The van der Waals surface area contributed by atoms with Gasteiger partial charge in [0.15, 0.2) is 0 Å². The second kappa shape index (κ2) is 5.92. The Balaban J connectivity index is 3.60. The van der Waals surface area contributed by atoms with Crippen LogP contribution in [0.1, 0.15) is 20.3 Å². The molecule has 64 valence electrons.